The van der Waals surface area contributed by atoms with Gasteiger partial charge in [-0.2, -0.15) is 0 Å². The molecule has 2 fully saturated rings. The molecule has 1 spiro atoms. The number of nitrogens with zero attached hydrogens (tertiary/aromatic N) is 2. The van der Waals surface area contributed by atoms with Crippen molar-refractivity contribution >= 4 is 29.7 Å². The topological polar surface area (TPSA) is 172 Å². The minimum Gasteiger partial charge on any atom is -0.481 e. The Morgan fingerprint density at radius 2 is 2.05 bits per heavy atom. The van der Waals surface area contributed by atoms with Crippen LogP contribution < -0.4 is 20.1 Å². The summed E-state index contributed by atoms with van der Waals surface area (Å²) in [6, 6.07) is 2.14. The Morgan fingerprint density at radius 1 is 1.30 bits per heavy atom. The fourth-order valence-corrected chi connectivity index (χ4v) is 7.78. The molecule has 0 radical (unpaired) electrons. The number of carbonyl (C=O) groups is 5. The number of rotatable bonds is 10. The third kappa shape index (κ3) is 4.84. The number of amides is 3. The van der Waals surface area contributed by atoms with Crippen LogP contribution in [0, 0.1) is 0 Å². The van der Waals surface area contributed by atoms with E-state index in [2.05, 4.69) is 24.3 Å². The van der Waals surface area contributed by atoms with Gasteiger partial charge in [-0.05, 0) is 24.1 Å². The fourth-order valence-electron chi connectivity index (χ4n) is 7.78. The number of nitrogens with one attached hydrogen (secondary N) is 2. The summed E-state index contributed by atoms with van der Waals surface area (Å²) in [5.74, 6) is -2.09. The Kier molecular flexibility index (Phi) is 7.76. The van der Waals surface area contributed by atoms with Crippen molar-refractivity contribution < 1.29 is 48.1 Å². The van der Waals surface area contributed by atoms with E-state index in [9.17, 15) is 29.1 Å². The van der Waals surface area contributed by atoms with Crippen LogP contribution in [0.3, 0.4) is 0 Å². The summed E-state index contributed by atoms with van der Waals surface area (Å²) >= 11 is 0. The summed E-state index contributed by atoms with van der Waals surface area (Å²) in [6.45, 7) is 6.55. The van der Waals surface area contributed by atoms with Gasteiger partial charge in [0.2, 0.25) is 11.8 Å². The largest absolute Gasteiger partial charge is 0.481 e. The molecule has 2 aliphatic carbocycles. The first-order valence-electron chi connectivity index (χ1n) is 14.5. The van der Waals surface area contributed by atoms with Crippen LogP contribution in [-0.2, 0) is 31.0 Å². The first-order valence-corrected chi connectivity index (χ1v) is 14.5. The van der Waals surface area contributed by atoms with Gasteiger partial charge in [0, 0.05) is 51.9 Å². The van der Waals surface area contributed by atoms with Gasteiger partial charge in [0.1, 0.15) is 17.7 Å². The van der Waals surface area contributed by atoms with Gasteiger partial charge in [-0.25, -0.2) is 4.79 Å². The Labute approximate surface area is 249 Å². The molecule has 43 heavy (non-hydrogen) atoms. The Bertz CT molecular complexity index is 1380. The van der Waals surface area contributed by atoms with Gasteiger partial charge in [-0.15, -0.1) is 0 Å². The molecule has 1 saturated heterocycles. The molecule has 2 bridgehead atoms. The minimum absolute atomic E-state index is 0.0243. The second kappa shape index (κ2) is 10.9. The second-order valence-corrected chi connectivity index (χ2v) is 12.4. The molecule has 5 rings (SSSR count). The normalized spacial score (nSPS) is 30.3. The molecule has 1 unspecified atom stereocenters. The highest BCUT2D eigenvalue weighted by Crippen LogP contribution is 2.65. The molecule has 4 aliphatic rings. The van der Waals surface area contributed by atoms with E-state index >= 15 is 0 Å². The van der Waals surface area contributed by atoms with Gasteiger partial charge in [0.15, 0.2) is 23.4 Å². The lowest BCUT2D eigenvalue weighted by Crippen LogP contribution is -2.80. The molecular formula is C30H39N4O9+. The highest BCUT2D eigenvalue weighted by molar-refractivity contribution is 5.91. The zero-order valence-corrected chi connectivity index (χ0v) is 24.7. The predicted molar refractivity (Wildman–Crippen MR) is 151 cm³/mol. The van der Waals surface area contributed by atoms with Crippen molar-refractivity contribution in [2.75, 3.05) is 40.3 Å². The second-order valence-electron chi connectivity index (χ2n) is 12.4. The lowest BCUT2D eigenvalue weighted by Gasteiger charge is -2.64. The third-order valence-electron chi connectivity index (χ3n) is 9.76. The summed E-state index contributed by atoms with van der Waals surface area (Å²) in [7, 11) is 3.60. The number of likely N-dealkylation sites (tertiary alicyclic amines) is 1. The van der Waals surface area contributed by atoms with Crippen molar-refractivity contribution in [1.29, 1.82) is 0 Å². The number of hydrogen-bond acceptors (Lipinski definition) is 8. The SMILES string of the molecule is C=CC[N+]1(C)CC[C@]23c4c5ccc(OC(=O)N(C)CCNC(=O)[C@H](CC(=O)O)NC(C)=O)c4O[C@H]2C(=O)CC[C@@]3(O)[C@H]1C5. The zero-order valence-electron chi connectivity index (χ0n) is 24.7. The molecular weight excluding hydrogens is 560 g/mol. The van der Waals surface area contributed by atoms with Gasteiger partial charge in [0.25, 0.3) is 0 Å². The van der Waals surface area contributed by atoms with Crippen LogP contribution in [0.2, 0.25) is 0 Å². The third-order valence-corrected chi connectivity index (χ3v) is 9.76. The summed E-state index contributed by atoms with van der Waals surface area (Å²) in [4.78, 5) is 62.3. The van der Waals surface area contributed by atoms with E-state index in [0.29, 0.717) is 36.0 Å². The molecule has 232 valence electrons. The smallest absolute Gasteiger partial charge is 0.415 e. The van der Waals surface area contributed by atoms with Crippen LogP contribution in [0.5, 0.6) is 11.5 Å². The van der Waals surface area contributed by atoms with E-state index < -0.39 is 53.5 Å². The highest BCUT2D eigenvalue weighted by Gasteiger charge is 2.76. The molecule has 1 saturated carbocycles. The van der Waals surface area contributed by atoms with Crippen LogP contribution in [0.4, 0.5) is 4.79 Å². The number of Topliss-reactive ketones (excluding diaryl/α,β-unsaturated/α-hetero) is 1. The summed E-state index contributed by atoms with van der Waals surface area (Å²) in [5.41, 5.74) is -0.362. The highest BCUT2D eigenvalue weighted by atomic mass is 16.6. The number of piperidine rings is 1. The minimum atomic E-state index is -1.25. The monoisotopic (exact) mass is 599 g/mol. The van der Waals surface area contributed by atoms with Crippen LogP contribution in [0.1, 0.15) is 43.7 Å². The van der Waals surface area contributed by atoms with Crippen molar-refractivity contribution in [1.82, 2.24) is 15.5 Å². The molecule has 6 atom stereocenters. The van der Waals surface area contributed by atoms with Crippen molar-refractivity contribution in [3.8, 4) is 11.5 Å². The molecule has 2 aliphatic heterocycles. The van der Waals surface area contributed by atoms with Crippen LogP contribution in [0.15, 0.2) is 24.8 Å². The van der Waals surface area contributed by atoms with Crippen molar-refractivity contribution in [3.05, 3.63) is 35.9 Å². The molecule has 1 aromatic rings. The maximum Gasteiger partial charge on any atom is 0.415 e. The van der Waals surface area contributed by atoms with E-state index in [1.165, 1.54) is 18.9 Å². The number of aliphatic hydroxyl groups is 1. The molecule has 0 aromatic heterocycles. The molecule has 4 N–H and O–H groups in total. The van der Waals surface area contributed by atoms with Gasteiger partial charge in [-0.3, -0.25) is 19.2 Å². The van der Waals surface area contributed by atoms with Crippen molar-refractivity contribution in [2.45, 2.75) is 68.2 Å². The number of ketones is 1. The fraction of sp³-hybridized carbons (Fsp3) is 0.567. The molecule has 1 aromatic carbocycles. The van der Waals surface area contributed by atoms with E-state index in [1.54, 1.807) is 6.07 Å². The Hall–Kier alpha value is -3.97. The lowest BCUT2D eigenvalue weighted by atomic mass is 9.48. The molecule has 3 amide bonds. The number of hydrogen-bond donors (Lipinski definition) is 4. The van der Waals surface area contributed by atoms with E-state index in [-0.39, 0.29) is 37.1 Å². The number of likely N-dealkylation sites (N-methyl/N-ethyl adjacent to an activating group) is 2. The van der Waals surface area contributed by atoms with Crippen molar-refractivity contribution in [3.63, 3.8) is 0 Å². The van der Waals surface area contributed by atoms with E-state index in [1.807, 2.05) is 12.1 Å². The number of ether oxygens (including phenoxy) is 2. The average molecular weight is 600 g/mol. The number of carbonyl (C=O) groups excluding carboxylic acids is 4. The summed E-state index contributed by atoms with van der Waals surface area (Å²) < 4.78 is 12.7. The number of quaternary nitrogens is 1. The standard InChI is InChI=1S/C30H38N4O9/c1-5-13-34(4)14-10-29-24-18-6-7-21(25(24)43-26(29)20(36)8-9-30(29,41)22(34)15-18)42-28(40)33(3)12-11-31-27(39)19(16-23(37)38)32-17(2)35/h5-7,19,22,26,41H,1,8-16H2,2-4H3,(H2-,31,32,35,37,38,39)/p+1/t19-,22+,26-,29-,30+,34?/m0/s1. The van der Waals surface area contributed by atoms with E-state index in [0.717, 1.165) is 17.7 Å². The molecule has 13 heteroatoms. The van der Waals surface area contributed by atoms with Gasteiger partial charge in [-0.1, -0.05) is 12.6 Å². The van der Waals surface area contributed by atoms with E-state index in [4.69, 9.17) is 14.6 Å². The maximum absolute atomic E-state index is 13.3. The summed E-state index contributed by atoms with van der Waals surface area (Å²) in [6.07, 6.45) is 1.36. The molecule has 2 heterocycles. The van der Waals surface area contributed by atoms with Crippen LogP contribution in [-0.4, -0.2) is 113 Å². The number of carboxylic acid groups (broad SMARTS) is 1. The number of benzene rings is 1. The lowest BCUT2D eigenvalue weighted by molar-refractivity contribution is -0.944. The molecule has 13 nitrogen and oxygen atoms in total. The van der Waals surface area contributed by atoms with Crippen molar-refractivity contribution in [2.24, 2.45) is 0 Å². The quantitative estimate of drug-likeness (QED) is 0.218. The summed E-state index contributed by atoms with van der Waals surface area (Å²) in [5, 5.41) is 26.3. The first-order chi connectivity index (χ1) is 20.3. The number of aliphatic carboxylic acids is 1. The predicted octanol–water partition coefficient (Wildman–Crippen LogP) is 0.267. The Balaban J connectivity index is 1.33. The zero-order chi connectivity index (χ0) is 31.3. The average Bonchev–Trinajstić information content (AvgIpc) is 3.30. The van der Waals surface area contributed by atoms with Gasteiger partial charge < -0.3 is 39.7 Å². The first kappa shape index (κ1) is 30.5. The van der Waals surface area contributed by atoms with Gasteiger partial charge in [0.05, 0.1) is 32.0 Å². The Morgan fingerprint density at radius 3 is 2.72 bits per heavy atom. The van der Waals surface area contributed by atoms with Gasteiger partial charge >= 0.3 is 12.1 Å². The maximum atomic E-state index is 13.3. The van der Waals surface area contributed by atoms with Crippen LogP contribution >= 0.6 is 0 Å². The van der Waals surface area contributed by atoms with Crippen LogP contribution in [0.25, 0.3) is 0 Å². The number of carboxylic acids is 1.